The van der Waals surface area contributed by atoms with Gasteiger partial charge in [-0.05, 0) is 39.7 Å². The fraction of sp³-hybridized carbons (Fsp3) is 0.632. The normalized spacial score (nSPS) is 21.1. The number of benzene rings is 1. The Morgan fingerprint density at radius 2 is 2.08 bits per heavy atom. The molecule has 1 heterocycles. The van der Waals surface area contributed by atoms with Gasteiger partial charge in [0.2, 0.25) is 0 Å². The second-order valence-electron chi connectivity index (χ2n) is 7.46. The summed E-state index contributed by atoms with van der Waals surface area (Å²) in [7, 11) is 1.64. The van der Waals surface area contributed by atoms with E-state index in [2.05, 4.69) is 5.32 Å². The van der Waals surface area contributed by atoms with Gasteiger partial charge in [-0.15, -0.1) is 0 Å². The third-order valence-electron chi connectivity index (χ3n) is 4.25. The first-order valence-electron chi connectivity index (χ1n) is 8.78. The van der Waals surface area contributed by atoms with Crippen molar-refractivity contribution in [1.82, 2.24) is 4.90 Å². The van der Waals surface area contributed by atoms with Crippen molar-refractivity contribution < 1.29 is 19.4 Å². The van der Waals surface area contributed by atoms with Crippen molar-refractivity contribution in [3.8, 4) is 0 Å². The maximum absolute atomic E-state index is 12.5. The summed E-state index contributed by atoms with van der Waals surface area (Å²) in [6.07, 6.45) is 1.30. The predicted molar refractivity (Wildman–Crippen MR) is 97.6 cm³/mol. The van der Waals surface area contributed by atoms with E-state index in [9.17, 15) is 9.90 Å². The van der Waals surface area contributed by atoms with Gasteiger partial charge in [0.05, 0.1) is 19.3 Å². The maximum Gasteiger partial charge on any atom is 0.410 e. The van der Waals surface area contributed by atoms with Gasteiger partial charge in [0.1, 0.15) is 5.60 Å². The summed E-state index contributed by atoms with van der Waals surface area (Å²) in [5, 5.41) is 13.0. The molecule has 1 amide bonds. The van der Waals surface area contributed by atoms with Crippen LogP contribution in [0.1, 0.15) is 39.2 Å². The summed E-state index contributed by atoms with van der Waals surface area (Å²) in [5.41, 5.74) is 1.31. The molecular formula is C19H30N2O4. The van der Waals surface area contributed by atoms with Crippen LogP contribution in [0.3, 0.4) is 0 Å². The number of nitrogens with zero attached hydrogens (tertiary/aromatic N) is 1. The van der Waals surface area contributed by atoms with Gasteiger partial charge in [-0.3, -0.25) is 0 Å². The van der Waals surface area contributed by atoms with Crippen LogP contribution in [0.2, 0.25) is 0 Å². The zero-order valence-electron chi connectivity index (χ0n) is 15.6. The summed E-state index contributed by atoms with van der Waals surface area (Å²) >= 11 is 0. The summed E-state index contributed by atoms with van der Waals surface area (Å²) < 4.78 is 10.8. The van der Waals surface area contributed by atoms with E-state index in [0.717, 1.165) is 24.1 Å². The van der Waals surface area contributed by atoms with E-state index >= 15 is 0 Å². The maximum atomic E-state index is 12.5. The van der Waals surface area contributed by atoms with Gasteiger partial charge in [-0.2, -0.15) is 0 Å². The number of likely N-dealkylation sites (tertiary alicyclic amines) is 1. The molecule has 6 heteroatoms. The van der Waals surface area contributed by atoms with Crippen LogP contribution in [0, 0.1) is 0 Å². The van der Waals surface area contributed by atoms with E-state index in [4.69, 9.17) is 9.47 Å². The van der Waals surface area contributed by atoms with Crippen LogP contribution in [0.15, 0.2) is 24.3 Å². The molecule has 2 N–H and O–H groups in total. The monoisotopic (exact) mass is 350 g/mol. The number of amides is 1. The van der Waals surface area contributed by atoms with Gasteiger partial charge in [0.25, 0.3) is 0 Å². The van der Waals surface area contributed by atoms with E-state index in [1.807, 2.05) is 45.0 Å². The molecule has 140 valence electrons. The van der Waals surface area contributed by atoms with Gasteiger partial charge in [0, 0.05) is 30.9 Å². The highest BCUT2D eigenvalue weighted by Gasteiger charge is 2.34. The highest BCUT2D eigenvalue weighted by atomic mass is 16.6. The van der Waals surface area contributed by atoms with Crippen LogP contribution in [0.4, 0.5) is 10.5 Å². The summed E-state index contributed by atoms with van der Waals surface area (Å²) in [4.78, 5) is 14.2. The Balaban J connectivity index is 2.04. The third kappa shape index (κ3) is 5.61. The number of carbonyl (C=O) groups excluding carboxylic acids is 1. The molecule has 0 bridgehead atoms. The minimum atomic E-state index is -0.510. The van der Waals surface area contributed by atoms with Crippen LogP contribution in [0.5, 0.6) is 0 Å². The zero-order chi connectivity index (χ0) is 18.4. The quantitative estimate of drug-likeness (QED) is 0.854. The number of carbonyl (C=O) groups is 1. The second-order valence-corrected chi connectivity index (χ2v) is 7.46. The standard InChI is InChI=1S/C19H30N2O4/c1-19(2,3)25-18(23)21-10-9-15(11-16(21)13-24-4)20-17-8-6-5-7-14(17)12-22/h5-8,15-16,20,22H,9-13H2,1-4H3. The smallest absolute Gasteiger partial charge is 0.410 e. The predicted octanol–water partition coefficient (Wildman–Crippen LogP) is 3.01. The number of anilines is 1. The molecule has 1 fully saturated rings. The lowest BCUT2D eigenvalue weighted by molar-refractivity contribution is -0.00347. The molecule has 0 saturated carbocycles. The van der Waals surface area contributed by atoms with Crippen LogP contribution < -0.4 is 5.32 Å². The molecule has 0 aliphatic carbocycles. The van der Waals surface area contributed by atoms with Gasteiger partial charge < -0.3 is 24.8 Å². The molecule has 0 spiro atoms. The number of aliphatic hydroxyl groups is 1. The van der Waals surface area contributed by atoms with E-state index in [0.29, 0.717) is 13.2 Å². The number of hydrogen-bond donors (Lipinski definition) is 2. The number of aliphatic hydroxyl groups excluding tert-OH is 1. The van der Waals surface area contributed by atoms with Crippen LogP contribution in [-0.2, 0) is 16.1 Å². The molecule has 1 aliphatic heterocycles. The van der Waals surface area contributed by atoms with Crippen molar-refractivity contribution in [2.75, 3.05) is 25.6 Å². The second kappa shape index (κ2) is 8.54. The Labute approximate surface area is 150 Å². The number of para-hydroxylation sites is 1. The number of hydrogen-bond acceptors (Lipinski definition) is 5. The molecule has 25 heavy (non-hydrogen) atoms. The van der Waals surface area contributed by atoms with Crippen LogP contribution in [0.25, 0.3) is 0 Å². The molecule has 1 aliphatic rings. The molecule has 6 nitrogen and oxygen atoms in total. The lowest BCUT2D eigenvalue weighted by Crippen LogP contribution is -2.52. The number of rotatable bonds is 5. The minimum Gasteiger partial charge on any atom is -0.444 e. The number of methoxy groups -OCH3 is 1. The van der Waals surface area contributed by atoms with Crippen molar-refractivity contribution in [3.63, 3.8) is 0 Å². The fourth-order valence-electron chi connectivity index (χ4n) is 3.11. The molecule has 2 unspecified atom stereocenters. The Morgan fingerprint density at radius 3 is 2.72 bits per heavy atom. The van der Waals surface area contributed by atoms with Crippen molar-refractivity contribution in [2.24, 2.45) is 0 Å². The minimum absolute atomic E-state index is 0.00142. The average molecular weight is 350 g/mol. The van der Waals surface area contributed by atoms with Gasteiger partial charge in [0.15, 0.2) is 0 Å². The number of piperidine rings is 1. The SMILES string of the molecule is COCC1CC(Nc2ccccc2CO)CCN1C(=O)OC(C)(C)C. The average Bonchev–Trinajstić information content (AvgIpc) is 2.54. The molecular weight excluding hydrogens is 320 g/mol. The van der Waals surface area contributed by atoms with Gasteiger partial charge in [-0.25, -0.2) is 4.79 Å². The summed E-state index contributed by atoms with van der Waals surface area (Å²) in [6.45, 7) is 6.70. The highest BCUT2D eigenvalue weighted by molar-refractivity contribution is 5.69. The van der Waals surface area contributed by atoms with Gasteiger partial charge in [-0.1, -0.05) is 18.2 Å². The summed E-state index contributed by atoms with van der Waals surface area (Å²) in [5.74, 6) is 0. The number of ether oxygens (including phenoxy) is 2. The lowest BCUT2D eigenvalue weighted by Gasteiger charge is -2.40. The van der Waals surface area contributed by atoms with Crippen LogP contribution >= 0.6 is 0 Å². The summed E-state index contributed by atoms with van der Waals surface area (Å²) in [6, 6.07) is 7.92. The van der Waals surface area contributed by atoms with Crippen molar-refractivity contribution in [3.05, 3.63) is 29.8 Å². The van der Waals surface area contributed by atoms with E-state index in [1.165, 1.54) is 0 Å². The fourth-order valence-corrected chi connectivity index (χ4v) is 3.11. The Hall–Kier alpha value is -1.79. The molecule has 0 radical (unpaired) electrons. The van der Waals surface area contributed by atoms with E-state index in [-0.39, 0.29) is 24.8 Å². The highest BCUT2D eigenvalue weighted by Crippen LogP contribution is 2.25. The third-order valence-corrected chi connectivity index (χ3v) is 4.25. The zero-order valence-corrected chi connectivity index (χ0v) is 15.6. The molecule has 1 saturated heterocycles. The molecule has 2 rings (SSSR count). The lowest BCUT2D eigenvalue weighted by atomic mass is 9.97. The molecule has 1 aromatic rings. The molecule has 2 atom stereocenters. The molecule has 0 aromatic heterocycles. The van der Waals surface area contributed by atoms with Crippen molar-refractivity contribution in [1.29, 1.82) is 0 Å². The van der Waals surface area contributed by atoms with Crippen molar-refractivity contribution in [2.45, 2.75) is 57.9 Å². The van der Waals surface area contributed by atoms with E-state index in [1.54, 1.807) is 12.0 Å². The topological polar surface area (TPSA) is 71.0 Å². The molecule has 1 aromatic carbocycles. The van der Waals surface area contributed by atoms with E-state index < -0.39 is 5.60 Å². The Morgan fingerprint density at radius 1 is 1.36 bits per heavy atom. The Kier molecular flexibility index (Phi) is 6.67. The van der Waals surface area contributed by atoms with Crippen molar-refractivity contribution >= 4 is 11.8 Å². The first-order chi connectivity index (χ1) is 11.8. The first kappa shape index (κ1) is 19.5. The van der Waals surface area contributed by atoms with Gasteiger partial charge >= 0.3 is 6.09 Å². The number of nitrogens with one attached hydrogen (secondary N) is 1. The first-order valence-corrected chi connectivity index (χ1v) is 8.78. The Bertz CT molecular complexity index is 571. The van der Waals surface area contributed by atoms with Crippen LogP contribution in [-0.4, -0.2) is 54.0 Å². The largest absolute Gasteiger partial charge is 0.444 e.